The van der Waals surface area contributed by atoms with E-state index < -0.39 is 0 Å². The third-order valence-electron chi connectivity index (χ3n) is 2.49. The summed E-state index contributed by atoms with van der Waals surface area (Å²) in [7, 11) is 1.51. The van der Waals surface area contributed by atoms with E-state index in [1.807, 2.05) is 0 Å². The molecule has 104 valence electrons. The minimum absolute atomic E-state index is 0.0652. The molecule has 1 N–H and O–H groups in total. The Kier molecular flexibility index (Phi) is 4.52. The van der Waals surface area contributed by atoms with Crippen molar-refractivity contribution in [3.8, 4) is 5.88 Å². The minimum Gasteiger partial charge on any atom is -0.481 e. The van der Waals surface area contributed by atoms with Gasteiger partial charge in [0.15, 0.2) is 0 Å². The summed E-state index contributed by atoms with van der Waals surface area (Å²) in [6.45, 7) is -0.0652. The number of hydrogen-bond donors (Lipinski definition) is 1. The summed E-state index contributed by atoms with van der Waals surface area (Å²) in [5.74, 6) is 0.156. The zero-order valence-corrected chi connectivity index (χ0v) is 12.3. The van der Waals surface area contributed by atoms with Crippen LogP contribution in [0.15, 0.2) is 45.9 Å². The van der Waals surface area contributed by atoms with Crippen molar-refractivity contribution in [2.24, 2.45) is 0 Å². The lowest BCUT2D eigenvalue weighted by Crippen LogP contribution is -2.26. The number of aromatic nitrogens is 2. The van der Waals surface area contributed by atoms with Crippen molar-refractivity contribution in [2.75, 3.05) is 12.4 Å². The molecule has 2 aromatic heterocycles. The molecule has 0 aliphatic rings. The fourth-order valence-corrected chi connectivity index (χ4v) is 1.94. The van der Waals surface area contributed by atoms with Crippen LogP contribution in [0.4, 0.5) is 5.69 Å². The molecule has 0 unspecified atom stereocenters. The monoisotopic (exact) mass is 337 g/mol. The van der Waals surface area contributed by atoms with Gasteiger partial charge in [0.2, 0.25) is 11.8 Å². The van der Waals surface area contributed by atoms with E-state index in [2.05, 4.69) is 26.2 Å². The van der Waals surface area contributed by atoms with E-state index in [0.29, 0.717) is 11.6 Å². The van der Waals surface area contributed by atoms with Crippen LogP contribution in [0.25, 0.3) is 0 Å². The highest BCUT2D eigenvalue weighted by atomic mass is 79.9. The zero-order chi connectivity index (χ0) is 14.5. The summed E-state index contributed by atoms with van der Waals surface area (Å²) < 4.78 is 6.97. The lowest BCUT2D eigenvalue weighted by molar-refractivity contribution is -0.116. The van der Waals surface area contributed by atoms with Gasteiger partial charge in [0, 0.05) is 22.8 Å². The normalized spacial score (nSPS) is 10.1. The van der Waals surface area contributed by atoms with Crippen molar-refractivity contribution >= 4 is 27.5 Å². The molecule has 2 aromatic rings. The maximum atomic E-state index is 11.9. The lowest BCUT2D eigenvalue weighted by atomic mass is 10.4. The predicted molar refractivity (Wildman–Crippen MR) is 77.8 cm³/mol. The van der Waals surface area contributed by atoms with Gasteiger partial charge in [0.25, 0.3) is 5.56 Å². The van der Waals surface area contributed by atoms with Crippen LogP contribution in [0.1, 0.15) is 0 Å². The summed E-state index contributed by atoms with van der Waals surface area (Å²) in [5.41, 5.74) is 0.301. The first-order valence-corrected chi connectivity index (χ1v) is 6.53. The smallest absolute Gasteiger partial charge is 0.251 e. The Morgan fingerprint density at radius 3 is 2.85 bits per heavy atom. The third kappa shape index (κ3) is 3.67. The molecule has 0 saturated heterocycles. The molecule has 20 heavy (non-hydrogen) atoms. The van der Waals surface area contributed by atoms with Gasteiger partial charge in [-0.05, 0) is 28.1 Å². The highest BCUT2D eigenvalue weighted by Gasteiger charge is 2.06. The van der Waals surface area contributed by atoms with Crippen molar-refractivity contribution in [1.82, 2.24) is 9.55 Å². The Morgan fingerprint density at radius 2 is 2.20 bits per heavy atom. The Labute approximate surface area is 123 Å². The Bertz CT molecular complexity index is 667. The number of ether oxygens (including phenoxy) is 1. The van der Waals surface area contributed by atoms with Crippen LogP contribution in [0.3, 0.4) is 0 Å². The molecule has 2 rings (SSSR count). The van der Waals surface area contributed by atoms with Gasteiger partial charge in [-0.15, -0.1) is 0 Å². The average molecular weight is 338 g/mol. The Hall–Kier alpha value is -2.15. The molecule has 0 fully saturated rings. The number of nitrogens with one attached hydrogen (secondary N) is 1. The van der Waals surface area contributed by atoms with Crippen molar-refractivity contribution in [3.63, 3.8) is 0 Å². The highest BCUT2D eigenvalue weighted by molar-refractivity contribution is 9.10. The number of rotatable bonds is 4. The molecule has 0 saturated carbocycles. The van der Waals surface area contributed by atoms with Crippen LogP contribution >= 0.6 is 15.9 Å². The van der Waals surface area contributed by atoms with Gasteiger partial charge in [-0.2, -0.15) is 0 Å². The summed E-state index contributed by atoms with van der Waals surface area (Å²) in [4.78, 5) is 27.4. The Morgan fingerprint density at radius 1 is 1.40 bits per heavy atom. The lowest BCUT2D eigenvalue weighted by Gasteiger charge is -2.07. The van der Waals surface area contributed by atoms with Crippen LogP contribution in [0.5, 0.6) is 5.88 Å². The first-order chi connectivity index (χ1) is 9.58. The van der Waals surface area contributed by atoms with Gasteiger partial charge in [0.05, 0.1) is 19.0 Å². The largest absolute Gasteiger partial charge is 0.481 e. The molecule has 2 heterocycles. The van der Waals surface area contributed by atoms with E-state index in [-0.39, 0.29) is 18.0 Å². The fourth-order valence-electron chi connectivity index (χ4n) is 1.56. The maximum absolute atomic E-state index is 11.9. The molecular formula is C13H12BrN3O3. The second kappa shape index (κ2) is 6.33. The number of carbonyl (C=O) groups excluding carboxylic acids is 1. The molecule has 6 nitrogen and oxygen atoms in total. The standard InChI is InChI=1S/C13H12BrN3O3/c1-20-12-4-3-10(6-15-12)16-11(18)8-17-7-9(14)2-5-13(17)19/h2-7H,8H2,1H3,(H,16,18). The molecule has 0 radical (unpaired) electrons. The number of halogens is 1. The van der Waals surface area contributed by atoms with E-state index >= 15 is 0 Å². The van der Waals surface area contributed by atoms with Crippen LogP contribution in [-0.2, 0) is 11.3 Å². The number of carbonyl (C=O) groups is 1. The second-order valence-electron chi connectivity index (χ2n) is 3.95. The quantitative estimate of drug-likeness (QED) is 0.920. The van der Waals surface area contributed by atoms with Crippen LogP contribution < -0.4 is 15.6 Å². The average Bonchev–Trinajstić information content (AvgIpc) is 2.43. The van der Waals surface area contributed by atoms with Gasteiger partial charge in [0.1, 0.15) is 6.54 Å². The van der Waals surface area contributed by atoms with Crippen LogP contribution in [0.2, 0.25) is 0 Å². The molecule has 0 aliphatic heterocycles. The second-order valence-corrected chi connectivity index (χ2v) is 4.87. The zero-order valence-electron chi connectivity index (χ0n) is 10.7. The number of hydrogen-bond acceptors (Lipinski definition) is 4. The van der Waals surface area contributed by atoms with E-state index in [9.17, 15) is 9.59 Å². The summed E-state index contributed by atoms with van der Waals surface area (Å²) in [5, 5.41) is 2.66. The molecule has 7 heteroatoms. The fraction of sp³-hybridized carbons (Fsp3) is 0.154. The van der Waals surface area contributed by atoms with E-state index in [0.717, 1.165) is 4.47 Å². The predicted octanol–water partition coefficient (Wildman–Crippen LogP) is 1.65. The SMILES string of the molecule is COc1ccc(NC(=O)Cn2cc(Br)ccc2=O)cn1. The number of amides is 1. The number of pyridine rings is 2. The van der Waals surface area contributed by atoms with Gasteiger partial charge in [-0.1, -0.05) is 0 Å². The topological polar surface area (TPSA) is 73.2 Å². The number of methoxy groups -OCH3 is 1. The highest BCUT2D eigenvalue weighted by Crippen LogP contribution is 2.11. The number of anilines is 1. The molecule has 1 amide bonds. The molecule has 0 aliphatic carbocycles. The van der Waals surface area contributed by atoms with Gasteiger partial charge in [-0.25, -0.2) is 4.98 Å². The molecule has 0 aromatic carbocycles. The van der Waals surface area contributed by atoms with Gasteiger partial charge in [-0.3, -0.25) is 9.59 Å². The summed E-state index contributed by atoms with van der Waals surface area (Å²) in [6, 6.07) is 6.34. The minimum atomic E-state index is -0.308. The van der Waals surface area contributed by atoms with Crippen molar-refractivity contribution in [3.05, 3.63) is 51.5 Å². The number of nitrogens with zero attached hydrogens (tertiary/aromatic N) is 2. The first kappa shape index (κ1) is 14.3. The Balaban J connectivity index is 2.04. The first-order valence-electron chi connectivity index (χ1n) is 5.74. The van der Waals surface area contributed by atoms with Crippen molar-refractivity contribution in [1.29, 1.82) is 0 Å². The maximum Gasteiger partial charge on any atom is 0.251 e. The summed E-state index contributed by atoms with van der Waals surface area (Å²) in [6.07, 6.45) is 3.05. The molecule has 0 bridgehead atoms. The van der Waals surface area contributed by atoms with E-state index in [1.54, 1.807) is 24.4 Å². The molecule has 0 spiro atoms. The van der Waals surface area contributed by atoms with Gasteiger partial charge >= 0.3 is 0 Å². The molecule has 0 atom stereocenters. The van der Waals surface area contributed by atoms with Crippen molar-refractivity contribution < 1.29 is 9.53 Å². The van der Waals surface area contributed by atoms with Crippen molar-refractivity contribution in [2.45, 2.75) is 6.54 Å². The van der Waals surface area contributed by atoms with E-state index in [4.69, 9.17) is 4.74 Å². The van der Waals surface area contributed by atoms with Gasteiger partial charge < -0.3 is 14.6 Å². The van der Waals surface area contributed by atoms with Crippen LogP contribution in [-0.4, -0.2) is 22.6 Å². The summed E-state index contributed by atoms with van der Waals surface area (Å²) >= 11 is 3.25. The third-order valence-corrected chi connectivity index (χ3v) is 2.96. The van der Waals surface area contributed by atoms with Crippen LogP contribution in [0, 0.1) is 0 Å². The van der Waals surface area contributed by atoms with E-state index in [1.165, 1.54) is 23.9 Å². The molecular weight excluding hydrogens is 326 g/mol.